The van der Waals surface area contributed by atoms with Crippen molar-refractivity contribution in [3.8, 4) is 0 Å². The number of nitrogens with zero attached hydrogens (tertiary/aromatic N) is 3. The summed E-state index contributed by atoms with van der Waals surface area (Å²) >= 11 is 1.35. The Hall–Kier alpha value is -1.86. The van der Waals surface area contributed by atoms with Gasteiger partial charge in [0, 0.05) is 18.5 Å². The number of benzene rings is 1. The summed E-state index contributed by atoms with van der Waals surface area (Å²) in [6, 6.07) is 4.07. The minimum Gasteiger partial charge on any atom is -0.309 e. The molecule has 0 aliphatic rings. The molecule has 0 radical (unpaired) electrons. The van der Waals surface area contributed by atoms with Gasteiger partial charge in [-0.25, -0.2) is 4.39 Å². The number of likely N-dealkylation sites (N-methyl/N-ethyl adjacent to an activating group) is 1. The Morgan fingerprint density at radius 3 is 2.81 bits per heavy atom. The third-order valence-electron chi connectivity index (χ3n) is 2.89. The number of carbonyl (C=O) groups excluding carboxylic acids is 1. The molecule has 2 rings (SSSR count). The van der Waals surface area contributed by atoms with Crippen LogP contribution in [0.4, 0.5) is 9.52 Å². The molecule has 0 saturated carbocycles. The molecule has 7 heteroatoms. The number of aromatic nitrogens is 2. The first-order chi connectivity index (χ1) is 9.95. The SMILES string of the molecule is Cc1cc(F)ccc1C(=O)Nc1nnc(CCN(C)C)s1. The van der Waals surface area contributed by atoms with Crippen LogP contribution in [-0.2, 0) is 6.42 Å². The normalized spacial score (nSPS) is 10.9. The van der Waals surface area contributed by atoms with E-state index in [0.717, 1.165) is 18.0 Å². The number of amides is 1. The number of nitrogens with one attached hydrogen (secondary N) is 1. The summed E-state index contributed by atoms with van der Waals surface area (Å²) in [6.45, 7) is 2.57. The Kier molecular flexibility index (Phi) is 4.98. The van der Waals surface area contributed by atoms with Crippen molar-refractivity contribution >= 4 is 22.4 Å². The molecule has 2 aromatic rings. The zero-order valence-corrected chi connectivity index (χ0v) is 13.0. The van der Waals surface area contributed by atoms with Gasteiger partial charge in [0.2, 0.25) is 5.13 Å². The largest absolute Gasteiger partial charge is 0.309 e. The van der Waals surface area contributed by atoms with E-state index in [-0.39, 0.29) is 11.7 Å². The maximum atomic E-state index is 13.0. The van der Waals surface area contributed by atoms with Crippen LogP contribution in [0.3, 0.4) is 0 Å². The number of anilines is 1. The fraction of sp³-hybridized carbons (Fsp3) is 0.357. The monoisotopic (exact) mass is 308 g/mol. The van der Waals surface area contributed by atoms with Crippen LogP contribution in [0.15, 0.2) is 18.2 Å². The molecule has 0 aliphatic carbocycles. The van der Waals surface area contributed by atoms with E-state index in [4.69, 9.17) is 0 Å². The second-order valence-electron chi connectivity index (χ2n) is 4.97. The molecule has 0 fully saturated rings. The van der Waals surface area contributed by atoms with Crippen LogP contribution < -0.4 is 5.32 Å². The molecule has 0 aliphatic heterocycles. The van der Waals surface area contributed by atoms with Crippen molar-refractivity contribution in [2.45, 2.75) is 13.3 Å². The number of rotatable bonds is 5. The van der Waals surface area contributed by atoms with E-state index in [1.54, 1.807) is 6.92 Å². The van der Waals surface area contributed by atoms with Gasteiger partial charge in [-0.2, -0.15) is 0 Å². The van der Waals surface area contributed by atoms with E-state index in [0.29, 0.717) is 16.3 Å². The van der Waals surface area contributed by atoms with Gasteiger partial charge in [-0.05, 0) is 44.8 Å². The van der Waals surface area contributed by atoms with E-state index in [2.05, 4.69) is 20.4 Å². The number of halogens is 1. The molecule has 0 spiro atoms. The van der Waals surface area contributed by atoms with E-state index in [1.807, 2.05) is 14.1 Å². The fourth-order valence-corrected chi connectivity index (χ4v) is 2.49. The van der Waals surface area contributed by atoms with Gasteiger partial charge in [-0.15, -0.1) is 10.2 Å². The Bertz CT molecular complexity index is 642. The molecule has 21 heavy (non-hydrogen) atoms. The predicted molar refractivity (Wildman–Crippen MR) is 81.3 cm³/mol. The zero-order valence-electron chi connectivity index (χ0n) is 12.2. The van der Waals surface area contributed by atoms with Gasteiger partial charge in [-0.3, -0.25) is 10.1 Å². The average Bonchev–Trinajstić information content (AvgIpc) is 2.83. The Labute approximate surface area is 126 Å². The summed E-state index contributed by atoms with van der Waals surface area (Å²) in [5.41, 5.74) is 1.02. The minimum absolute atomic E-state index is 0.303. The van der Waals surface area contributed by atoms with E-state index in [9.17, 15) is 9.18 Å². The molecule has 5 nitrogen and oxygen atoms in total. The highest BCUT2D eigenvalue weighted by Gasteiger charge is 2.13. The van der Waals surface area contributed by atoms with Gasteiger partial charge < -0.3 is 4.90 Å². The maximum absolute atomic E-state index is 13.0. The highest BCUT2D eigenvalue weighted by molar-refractivity contribution is 7.15. The van der Waals surface area contributed by atoms with Crippen molar-refractivity contribution in [1.29, 1.82) is 0 Å². The molecule has 1 heterocycles. The van der Waals surface area contributed by atoms with Gasteiger partial charge in [-0.1, -0.05) is 11.3 Å². The van der Waals surface area contributed by atoms with Gasteiger partial charge in [0.15, 0.2) is 0 Å². The van der Waals surface area contributed by atoms with Crippen molar-refractivity contribution in [2.24, 2.45) is 0 Å². The van der Waals surface area contributed by atoms with E-state index >= 15 is 0 Å². The van der Waals surface area contributed by atoms with Crippen molar-refractivity contribution in [2.75, 3.05) is 26.0 Å². The quantitative estimate of drug-likeness (QED) is 0.921. The van der Waals surface area contributed by atoms with Crippen molar-refractivity contribution in [1.82, 2.24) is 15.1 Å². The molecule has 1 amide bonds. The first-order valence-electron chi connectivity index (χ1n) is 6.50. The smallest absolute Gasteiger partial charge is 0.257 e. The molecule has 1 aromatic carbocycles. The second-order valence-corrected chi connectivity index (χ2v) is 6.03. The minimum atomic E-state index is -0.356. The summed E-state index contributed by atoms with van der Waals surface area (Å²) in [4.78, 5) is 14.2. The lowest BCUT2D eigenvalue weighted by Gasteiger charge is -2.06. The topological polar surface area (TPSA) is 58.1 Å². The van der Waals surface area contributed by atoms with Crippen LogP contribution in [0.25, 0.3) is 0 Å². The molecule has 112 valence electrons. The van der Waals surface area contributed by atoms with Crippen molar-refractivity contribution < 1.29 is 9.18 Å². The van der Waals surface area contributed by atoms with Crippen LogP contribution in [0.2, 0.25) is 0 Å². The van der Waals surface area contributed by atoms with Gasteiger partial charge >= 0.3 is 0 Å². The molecule has 1 N–H and O–H groups in total. The highest BCUT2D eigenvalue weighted by Crippen LogP contribution is 2.18. The summed E-state index contributed by atoms with van der Waals surface area (Å²) in [6.07, 6.45) is 0.788. The number of hydrogen-bond donors (Lipinski definition) is 1. The maximum Gasteiger partial charge on any atom is 0.257 e. The summed E-state index contributed by atoms with van der Waals surface area (Å²) in [7, 11) is 3.97. The number of hydrogen-bond acceptors (Lipinski definition) is 5. The van der Waals surface area contributed by atoms with E-state index in [1.165, 1.54) is 29.5 Å². The van der Waals surface area contributed by atoms with Crippen LogP contribution in [0.1, 0.15) is 20.9 Å². The Morgan fingerprint density at radius 1 is 1.38 bits per heavy atom. The molecular weight excluding hydrogens is 291 g/mol. The first-order valence-corrected chi connectivity index (χ1v) is 7.32. The first kappa shape index (κ1) is 15.5. The Morgan fingerprint density at radius 2 is 2.14 bits per heavy atom. The van der Waals surface area contributed by atoms with Gasteiger partial charge in [0.1, 0.15) is 10.8 Å². The predicted octanol–water partition coefficient (Wildman–Crippen LogP) is 2.34. The molecule has 0 bridgehead atoms. The summed E-state index contributed by atoms with van der Waals surface area (Å²) in [5.74, 6) is -0.659. The standard InChI is InChI=1S/C14H17FN4OS/c1-9-8-10(15)4-5-11(9)13(20)16-14-18-17-12(21-14)6-7-19(2)3/h4-5,8H,6-7H2,1-3H3,(H,16,18,20). The average molecular weight is 308 g/mol. The lowest BCUT2D eigenvalue weighted by Crippen LogP contribution is -2.14. The Balaban J connectivity index is 2.02. The molecule has 0 unspecified atom stereocenters. The summed E-state index contributed by atoms with van der Waals surface area (Å²) in [5, 5.41) is 12.0. The van der Waals surface area contributed by atoms with Crippen molar-refractivity contribution in [3.05, 3.63) is 40.2 Å². The third-order valence-corrected chi connectivity index (χ3v) is 3.79. The molecular formula is C14H17FN4OS. The highest BCUT2D eigenvalue weighted by atomic mass is 32.1. The van der Waals surface area contributed by atoms with Crippen LogP contribution >= 0.6 is 11.3 Å². The van der Waals surface area contributed by atoms with Crippen LogP contribution in [0.5, 0.6) is 0 Å². The van der Waals surface area contributed by atoms with Crippen molar-refractivity contribution in [3.63, 3.8) is 0 Å². The zero-order chi connectivity index (χ0) is 15.4. The molecule has 0 saturated heterocycles. The lowest BCUT2D eigenvalue weighted by atomic mass is 10.1. The van der Waals surface area contributed by atoms with Crippen LogP contribution in [-0.4, -0.2) is 41.6 Å². The summed E-state index contributed by atoms with van der Waals surface area (Å²) < 4.78 is 13.0. The van der Waals surface area contributed by atoms with Gasteiger partial charge in [0.25, 0.3) is 5.91 Å². The van der Waals surface area contributed by atoms with Crippen LogP contribution in [0, 0.1) is 12.7 Å². The van der Waals surface area contributed by atoms with Gasteiger partial charge in [0.05, 0.1) is 0 Å². The molecule has 1 aromatic heterocycles. The fourth-order valence-electron chi connectivity index (χ4n) is 1.77. The third kappa shape index (κ3) is 4.30. The lowest BCUT2D eigenvalue weighted by molar-refractivity contribution is 0.102. The molecule has 0 atom stereocenters. The second kappa shape index (κ2) is 6.73. The number of carbonyl (C=O) groups is 1. The van der Waals surface area contributed by atoms with E-state index < -0.39 is 0 Å². The number of aryl methyl sites for hydroxylation is 1.